The summed E-state index contributed by atoms with van der Waals surface area (Å²) in [6.45, 7) is 2.76. The average Bonchev–Trinajstić information content (AvgIpc) is 2.87. The molecule has 0 spiro atoms. The summed E-state index contributed by atoms with van der Waals surface area (Å²) in [5.74, 6) is 1.68. The minimum absolute atomic E-state index is 0.0261. The van der Waals surface area contributed by atoms with Crippen LogP contribution in [0.3, 0.4) is 0 Å². The summed E-state index contributed by atoms with van der Waals surface area (Å²) in [5.41, 5.74) is 1.07. The Bertz CT molecular complexity index is 683. The Kier molecular flexibility index (Phi) is 4.43. The van der Waals surface area contributed by atoms with Crippen molar-refractivity contribution in [1.29, 1.82) is 0 Å². The molecule has 0 aliphatic carbocycles. The number of benzene rings is 1. The number of halogens is 1. The molecule has 1 atom stereocenters. The first kappa shape index (κ1) is 15.0. The van der Waals surface area contributed by atoms with Crippen LogP contribution < -0.4 is 5.32 Å². The zero-order valence-corrected chi connectivity index (χ0v) is 13.3. The van der Waals surface area contributed by atoms with Gasteiger partial charge in [-0.15, -0.1) is 0 Å². The highest BCUT2D eigenvalue weighted by atomic mass is 35.5. The zero-order chi connectivity index (χ0) is 15.5. The summed E-state index contributed by atoms with van der Waals surface area (Å²) >= 11 is 5.96. The molecule has 1 aliphatic rings. The predicted molar refractivity (Wildman–Crippen MR) is 84.6 cm³/mol. The van der Waals surface area contributed by atoms with Crippen molar-refractivity contribution in [3.8, 4) is 0 Å². The third-order valence-corrected chi connectivity index (χ3v) is 4.08. The standard InChI is InChI=1S/C16H19ClN4O/c1-11-18-16-14(6-3-9-21(16)20-11)19-15(22)8-7-12-4-2-5-13(17)10-12/h2,4-5,10,14H,3,6-9H2,1H3,(H,19,22). The van der Waals surface area contributed by atoms with Gasteiger partial charge in [-0.2, -0.15) is 5.10 Å². The van der Waals surface area contributed by atoms with E-state index in [0.717, 1.165) is 36.6 Å². The molecule has 5 nitrogen and oxygen atoms in total. The predicted octanol–water partition coefficient (Wildman–Crippen LogP) is 2.82. The van der Waals surface area contributed by atoms with Crippen molar-refractivity contribution >= 4 is 17.5 Å². The molecule has 1 amide bonds. The minimum Gasteiger partial charge on any atom is -0.346 e. The fourth-order valence-corrected chi connectivity index (χ4v) is 3.03. The molecule has 116 valence electrons. The van der Waals surface area contributed by atoms with Gasteiger partial charge in [0.05, 0.1) is 6.04 Å². The monoisotopic (exact) mass is 318 g/mol. The van der Waals surface area contributed by atoms with Gasteiger partial charge in [-0.25, -0.2) is 9.67 Å². The lowest BCUT2D eigenvalue weighted by atomic mass is 10.1. The van der Waals surface area contributed by atoms with Crippen LogP contribution in [0.4, 0.5) is 0 Å². The Morgan fingerprint density at radius 1 is 1.50 bits per heavy atom. The van der Waals surface area contributed by atoms with E-state index in [1.165, 1.54) is 0 Å². The quantitative estimate of drug-likeness (QED) is 0.943. The molecule has 0 saturated carbocycles. The van der Waals surface area contributed by atoms with E-state index >= 15 is 0 Å². The molecular formula is C16H19ClN4O. The van der Waals surface area contributed by atoms with Crippen LogP contribution in [0.15, 0.2) is 24.3 Å². The third-order valence-electron chi connectivity index (χ3n) is 3.85. The average molecular weight is 319 g/mol. The highest BCUT2D eigenvalue weighted by Gasteiger charge is 2.24. The summed E-state index contributed by atoms with van der Waals surface area (Å²) in [4.78, 5) is 16.6. The van der Waals surface area contributed by atoms with Crippen LogP contribution >= 0.6 is 11.6 Å². The Hall–Kier alpha value is -1.88. The van der Waals surface area contributed by atoms with Crippen LogP contribution in [0.25, 0.3) is 0 Å². The molecule has 1 aromatic carbocycles. The summed E-state index contributed by atoms with van der Waals surface area (Å²) < 4.78 is 1.90. The van der Waals surface area contributed by atoms with E-state index in [0.29, 0.717) is 17.9 Å². The van der Waals surface area contributed by atoms with Crippen LogP contribution in [0, 0.1) is 6.92 Å². The van der Waals surface area contributed by atoms with Gasteiger partial charge in [-0.05, 0) is 43.9 Å². The van der Waals surface area contributed by atoms with Gasteiger partial charge in [0.2, 0.25) is 5.91 Å². The van der Waals surface area contributed by atoms with Crippen LogP contribution in [-0.2, 0) is 17.8 Å². The summed E-state index contributed by atoms with van der Waals surface area (Å²) in [6, 6.07) is 7.60. The van der Waals surface area contributed by atoms with Crippen LogP contribution in [0.5, 0.6) is 0 Å². The number of amides is 1. The maximum Gasteiger partial charge on any atom is 0.220 e. The second kappa shape index (κ2) is 6.48. The molecule has 0 bridgehead atoms. The van der Waals surface area contributed by atoms with E-state index in [-0.39, 0.29) is 11.9 Å². The van der Waals surface area contributed by atoms with Gasteiger partial charge in [-0.1, -0.05) is 23.7 Å². The van der Waals surface area contributed by atoms with Crippen molar-refractivity contribution in [1.82, 2.24) is 20.1 Å². The highest BCUT2D eigenvalue weighted by molar-refractivity contribution is 6.30. The van der Waals surface area contributed by atoms with Gasteiger partial charge < -0.3 is 5.32 Å². The number of carbonyl (C=O) groups excluding carboxylic acids is 1. The molecule has 3 rings (SSSR count). The molecule has 0 radical (unpaired) electrons. The van der Waals surface area contributed by atoms with E-state index < -0.39 is 0 Å². The minimum atomic E-state index is -0.0261. The second-order valence-electron chi connectivity index (χ2n) is 5.63. The lowest BCUT2D eigenvalue weighted by Gasteiger charge is -2.23. The van der Waals surface area contributed by atoms with Crippen molar-refractivity contribution < 1.29 is 4.79 Å². The van der Waals surface area contributed by atoms with Gasteiger partial charge in [0.1, 0.15) is 11.6 Å². The summed E-state index contributed by atoms with van der Waals surface area (Å²) in [7, 11) is 0. The number of aryl methyl sites for hydroxylation is 3. The maximum absolute atomic E-state index is 12.2. The number of nitrogens with zero attached hydrogens (tertiary/aromatic N) is 3. The van der Waals surface area contributed by atoms with E-state index in [1.54, 1.807) is 0 Å². The lowest BCUT2D eigenvalue weighted by molar-refractivity contribution is -0.122. The van der Waals surface area contributed by atoms with Crippen LogP contribution in [0.2, 0.25) is 5.02 Å². The number of aromatic nitrogens is 3. The fraction of sp³-hybridized carbons (Fsp3) is 0.438. The molecule has 1 N–H and O–H groups in total. The van der Waals surface area contributed by atoms with Gasteiger partial charge >= 0.3 is 0 Å². The first-order chi connectivity index (χ1) is 10.6. The number of hydrogen-bond acceptors (Lipinski definition) is 3. The summed E-state index contributed by atoms with van der Waals surface area (Å²) in [6.07, 6.45) is 3.06. The molecule has 2 aromatic rings. The fourth-order valence-electron chi connectivity index (χ4n) is 2.82. The maximum atomic E-state index is 12.2. The van der Waals surface area contributed by atoms with E-state index in [9.17, 15) is 4.79 Å². The highest BCUT2D eigenvalue weighted by Crippen LogP contribution is 2.23. The third kappa shape index (κ3) is 3.47. The number of hydrogen-bond donors (Lipinski definition) is 1. The Balaban J connectivity index is 1.58. The largest absolute Gasteiger partial charge is 0.346 e. The Labute approximate surface area is 134 Å². The second-order valence-corrected chi connectivity index (χ2v) is 6.07. The number of nitrogens with one attached hydrogen (secondary N) is 1. The van der Waals surface area contributed by atoms with Gasteiger partial charge in [0.25, 0.3) is 0 Å². The van der Waals surface area contributed by atoms with Gasteiger partial charge in [0, 0.05) is 18.0 Å². The van der Waals surface area contributed by atoms with Gasteiger partial charge in [0.15, 0.2) is 0 Å². The molecule has 22 heavy (non-hydrogen) atoms. The van der Waals surface area contributed by atoms with Crippen molar-refractivity contribution in [3.63, 3.8) is 0 Å². The molecular weight excluding hydrogens is 300 g/mol. The molecule has 1 aromatic heterocycles. The lowest BCUT2D eigenvalue weighted by Crippen LogP contribution is -2.33. The van der Waals surface area contributed by atoms with Gasteiger partial charge in [-0.3, -0.25) is 4.79 Å². The van der Waals surface area contributed by atoms with Crippen LogP contribution in [0.1, 0.15) is 42.5 Å². The topological polar surface area (TPSA) is 59.8 Å². The number of fused-ring (bicyclic) bond motifs is 1. The molecule has 6 heteroatoms. The smallest absolute Gasteiger partial charge is 0.220 e. The van der Waals surface area contributed by atoms with E-state index in [4.69, 9.17) is 11.6 Å². The number of rotatable bonds is 4. The first-order valence-corrected chi connectivity index (χ1v) is 7.95. The molecule has 1 unspecified atom stereocenters. The Morgan fingerprint density at radius 3 is 3.18 bits per heavy atom. The molecule has 1 aliphatic heterocycles. The molecule has 0 fully saturated rings. The van der Waals surface area contributed by atoms with Crippen molar-refractivity contribution in [3.05, 3.63) is 46.5 Å². The number of carbonyl (C=O) groups is 1. The van der Waals surface area contributed by atoms with Crippen molar-refractivity contribution in [2.75, 3.05) is 0 Å². The zero-order valence-electron chi connectivity index (χ0n) is 12.6. The van der Waals surface area contributed by atoms with Crippen molar-refractivity contribution in [2.24, 2.45) is 0 Å². The normalized spacial score (nSPS) is 17.1. The van der Waals surface area contributed by atoms with E-state index in [2.05, 4.69) is 15.4 Å². The molecule has 0 saturated heterocycles. The van der Waals surface area contributed by atoms with E-state index in [1.807, 2.05) is 35.9 Å². The summed E-state index contributed by atoms with van der Waals surface area (Å²) in [5, 5.41) is 8.13. The first-order valence-electron chi connectivity index (χ1n) is 7.57. The SMILES string of the molecule is Cc1nc2n(n1)CCCC2NC(=O)CCc1cccc(Cl)c1. The van der Waals surface area contributed by atoms with Crippen molar-refractivity contribution in [2.45, 2.75) is 45.2 Å². The van der Waals surface area contributed by atoms with Crippen LogP contribution in [-0.4, -0.2) is 20.7 Å². The molecule has 2 heterocycles. The Morgan fingerprint density at radius 2 is 2.36 bits per heavy atom.